The van der Waals surface area contributed by atoms with Crippen LogP contribution in [0.3, 0.4) is 0 Å². The Balaban J connectivity index is 0.00000139. The first-order valence-electron chi connectivity index (χ1n) is 8.04. The maximum atomic E-state index is 11.9. The van der Waals surface area contributed by atoms with Gasteiger partial charge in [-0.2, -0.15) is 0 Å². The average molecular weight is 348 g/mol. The van der Waals surface area contributed by atoms with Crippen molar-refractivity contribution in [2.45, 2.75) is 39.6 Å². The van der Waals surface area contributed by atoms with Gasteiger partial charge in [-0.25, -0.2) is 4.79 Å². The van der Waals surface area contributed by atoms with E-state index in [0.29, 0.717) is 11.1 Å². The summed E-state index contributed by atoms with van der Waals surface area (Å²) in [5.41, 5.74) is 7.39. The number of thiol groups is 1. The fourth-order valence-corrected chi connectivity index (χ4v) is 3.65. The minimum atomic E-state index is -0.490. The number of primary amides is 1. The van der Waals surface area contributed by atoms with E-state index in [1.165, 1.54) is 0 Å². The van der Waals surface area contributed by atoms with Crippen molar-refractivity contribution >= 4 is 27.7 Å². The van der Waals surface area contributed by atoms with Crippen LogP contribution in [0.25, 0.3) is 0 Å². The molecule has 1 aromatic carbocycles. The third-order valence-corrected chi connectivity index (χ3v) is 4.84. The second kappa shape index (κ2) is 9.88. The van der Waals surface area contributed by atoms with Crippen LogP contribution in [0.15, 0.2) is 47.4 Å². The highest BCUT2D eigenvalue weighted by Gasteiger charge is 2.12. The van der Waals surface area contributed by atoms with E-state index in [4.69, 9.17) is 10.5 Å². The van der Waals surface area contributed by atoms with Crippen molar-refractivity contribution in [3.8, 4) is 0 Å². The maximum Gasteiger partial charge on any atom is 0.338 e. The summed E-state index contributed by atoms with van der Waals surface area (Å²) in [5, 5.41) is 4.02. The van der Waals surface area contributed by atoms with Crippen molar-refractivity contribution in [1.82, 2.24) is 0 Å². The molecule has 0 aliphatic carbocycles. The molecule has 1 unspecified atom stereocenters. The fraction of sp³-hybridized carbons (Fsp3) is 0.316. The molecule has 4 nitrogen and oxygen atoms in total. The first kappa shape index (κ1) is 19.9. The number of esters is 1. The molecule has 0 aromatic heterocycles. The zero-order valence-corrected chi connectivity index (χ0v) is 15.5. The standard InChI is InChI=1S/C17H19NO3S.C2H6/c1-12(2)21-17(20)15-5-3-4-13(10-15)11-22-8-6-14(7-9-22)16(18)19;1-2/h3-10,12H,11H2,1-2H3,(H2,18,19);1-2H3/p+1. The molecule has 1 aliphatic heterocycles. The fourth-order valence-electron chi connectivity index (χ4n) is 2.02. The summed E-state index contributed by atoms with van der Waals surface area (Å²) < 4.78 is 5.21. The van der Waals surface area contributed by atoms with Gasteiger partial charge in [0, 0.05) is 5.57 Å². The Morgan fingerprint density at radius 2 is 1.96 bits per heavy atom. The predicted octanol–water partition coefficient (Wildman–Crippen LogP) is 2.87. The number of carbonyl (C=O) groups excluding carboxylic acids is 2. The van der Waals surface area contributed by atoms with Gasteiger partial charge in [0.05, 0.1) is 22.4 Å². The lowest BCUT2D eigenvalue weighted by atomic mass is 10.1. The molecule has 0 saturated heterocycles. The molecule has 1 amide bonds. The van der Waals surface area contributed by atoms with E-state index in [1.807, 2.05) is 56.7 Å². The molecule has 0 radical (unpaired) electrons. The van der Waals surface area contributed by atoms with Crippen LogP contribution in [0.4, 0.5) is 0 Å². The third kappa shape index (κ3) is 6.16. The molecule has 2 rings (SSSR count). The minimum Gasteiger partial charge on any atom is -0.459 e. The highest BCUT2D eigenvalue weighted by molar-refractivity contribution is 7.97. The Kier molecular flexibility index (Phi) is 8.19. The lowest BCUT2D eigenvalue weighted by Gasteiger charge is -2.09. The molecule has 24 heavy (non-hydrogen) atoms. The molecule has 0 fully saturated rings. The van der Waals surface area contributed by atoms with Gasteiger partial charge in [0.15, 0.2) is 0 Å². The normalized spacial score (nSPS) is 15.7. The van der Waals surface area contributed by atoms with Crippen molar-refractivity contribution in [2.75, 3.05) is 0 Å². The summed E-state index contributed by atoms with van der Waals surface area (Å²) in [6.45, 7) is 7.66. The number of ether oxygens (including phenoxy) is 1. The molecule has 1 aromatic rings. The van der Waals surface area contributed by atoms with Crippen molar-refractivity contribution in [3.05, 3.63) is 58.5 Å². The summed E-state index contributed by atoms with van der Waals surface area (Å²) >= 11 is 0. The predicted molar refractivity (Wildman–Crippen MR) is 103 cm³/mol. The SMILES string of the molecule is CC.CC(C)OC(=O)c1cccc(C[SH+]2=CC=C(C(N)=O)C=C2)c1. The van der Waals surface area contributed by atoms with Gasteiger partial charge in [-0.3, -0.25) is 4.79 Å². The third-order valence-electron chi connectivity index (χ3n) is 3.05. The molecule has 1 heterocycles. The van der Waals surface area contributed by atoms with Crippen molar-refractivity contribution in [2.24, 2.45) is 5.73 Å². The zero-order valence-electron chi connectivity index (χ0n) is 14.7. The van der Waals surface area contributed by atoms with E-state index < -0.39 is 16.4 Å². The van der Waals surface area contributed by atoms with Crippen LogP contribution in [-0.4, -0.2) is 23.3 Å². The second-order valence-corrected chi connectivity index (χ2v) is 7.22. The van der Waals surface area contributed by atoms with E-state index in [1.54, 1.807) is 18.2 Å². The van der Waals surface area contributed by atoms with Gasteiger partial charge in [0.2, 0.25) is 5.91 Å². The molecule has 130 valence electrons. The second-order valence-electron chi connectivity index (χ2n) is 5.28. The minimum absolute atomic E-state index is 0.132. The van der Waals surface area contributed by atoms with Gasteiger partial charge in [-0.15, -0.1) is 10.5 Å². The van der Waals surface area contributed by atoms with Crippen molar-refractivity contribution in [1.29, 1.82) is 0 Å². The van der Waals surface area contributed by atoms with E-state index in [9.17, 15) is 9.59 Å². The Bertz CT molecular complexity index is 688. The number of nitrogens with two attached hydrogens (primary N) is 1. The maximum absolute atomic E-state index is 11.9. The summed E-state index contributed by atoms with van der Waals surface area (Å²) in [7, 11) is -0.490. The number of hydrogen-bond donors (Lipinski definition) is 1. The van der Waals surface area contributed by atoms with Crippen molar-refractivity contribution < 1.29 is 14.3 Å². The highest BCUT2D eigenvalue weighted by atomic mass is 32.2. The van der Waals surface area contributed by atoms with Gasteiger partial charge >= 0.3 is 5.97 Å². The molecular weight excluding hydrogens is 322 g/mol. The van der Waals surface area contributed by atoms with E-state index in [-0.39, 0.29) is 12.1 Å². The smallest absolute Gasteiger partial charge is 0.338 e. The van der Waals surface area contributed by atoms with Gasteiger partial charge in [-0.05, 0) is 43.7 Å². The van der Waals surface area contributed by atoms with E-state index in [0.717, 1.165) is 11.3 Å². The Morgan fingerprint density at radius 1 is 1.25 bits per heavy atom. The van der Waals surface area contributed by atoms with Gasteiger partial charge in [0.1, 0.15) is 5.75 Å². The first-order valence-corrected chi connectivity index (χ1v) is 9.71. The lowest BCUT2D eigenvalue weighted by Crippen LogP contribution is -2.14. The largest absolute Gasteiger partial charge is 0.459 e. The van der Waals surface area contributed by atoms with Crippen LogP contribution in [0.1, 0.15) is 43.6 Å². The highest BCUT2D eigenvalue weighted by Crippen LogP contribution is 2.13. The number of allylic oxidation sites excluding steroid dienone is 1. The number of amides is 1. The van der Waals surface area contributed by atoms with Crippen LogP contribution >= 0.6 is 0 Å². The summed E-state index contributed by atoms with van der Waals surface area (Å²) in [6, 6.07) is 7.47. The Labute approximate surface area is 146 Å². The van der Waals surface area contributed by atoms with Crippen LogP contribution in [0.2, 0.25) is 0 Å². The molecule has 2 N–H and O–H groups in total. The van der Waals surface area contributed by atoms with Gasteiger partial charge < -0.3 is 10.5 Å². The van der Waals surface area contributed by atoms with Gasteiger partial charge in [-0.1, -0.05) is 26.0 Å². The number of benzene rings is 1. The Morgan fingerprint density at radius 3 is 2.50 bits per heavy atom. The van der Waals surface area contributed by atoms with Gasteiger partial charge in [0.25, 0.3) is 0 Å². The zero-order chi connectivity index (χ0) is 18.1. The molecular formula is C19H26NO3S+. The number of hydrogen-bond acceptors (Lipinski definition) is 3. The van der Waals surface area contributed by atoms with Crippen molar-refractivity contribution in [3.63, 3.8) is 0 Å². The van der Waals surface area contributed by atoms with E-state index >= 15 is 0 Å². The summed E-state index contributed by atoms with van der Waals surface area (Å²) in [6.07, 6.45) is 3.41. The van der Waals surface area contributed by atoms with Crippen LogP contribution in [0, 0.1) is 0 Å². The molecule has 1 aliphatic rings. The lowest BCUT2D eigenvalue weighted by molar-refractivity contribution is -0.114. The average Bonchev–Trinajstić information content (AvgIpc) is 2.57. The summed E-state index contributed by atoms with van der Waals surface area (Å²) in [5.74, 6) is 0.0984. The molecule has 5 heteroatoms. The summed E-state index contributed by atoms with van der Waals surface area (Å²) in [4.78, 5) is 23.0. The molecule has 1 atom stereocenters. The first-order chi connectivity index (χ1) is 11.5. The quantitative estimate of drug-likeness (QED) is 0.385. The molecule has 0 bridgehead atoms. The monoisotopic (exact) mass is 348 g/mol. The molecule has 0 saturated carbocycles. The van der Waals surface area contributed by atoms with Crippen LogP contribution in [0.5, 0.6) is 0 Å². The van der Waals surface area contributed by atoms with E-state index in [2.05, 4.69) is 0 Å². The number of carbonyl (C=O) groups is 2. The molecule has 0 spiro atoms. The van der Waals surface area contributed by atoms with Crippen LogP contribution in [-0.2, 0) is 25.8 Å². The number of rotatable bonds is 5. The topological polar surface area (TPSA) is 69.4 Å². The van der Waals surface area contributed by atoms with Crippen LogP contribution < -0.4 is 5.73 Å². The Hall–Kier alpha value is -2.14.